The van der Waals surface area contributed by atoms with Gasteiger partial charge >= 0.3 is 0 Å². The fourth-order valence-corrected chi connectivity index (χ4v) is 3.16. The first-order valence-electron chi connectivity index (χ1n) is 7.05. The maximum atomic E-state index is 12.3. The second-order valence-electron chi connectivity index (χ2n) is 6.57. The Morgan fingerprint density at radius 1 is 1.25 bits per heavy atom. The van der Waals surface area contributed by atoms with Gasteiger partial charge in [0.25, 0.3) is 0 Å². The van der Waals surface area contributed by atoms with Crippen LogP contribution in [0.3, 0.4) is 0 Å². The minimum absolute atomic E-state index is 0.0231. The maximum absolute atomic E-state index is 12.3. The lowest BCUT2D eigenvalue weighted by Crippen LogP contribution is -2.28. The molecule has 2 aromatic rings. The number of nitrogens with zero attached hydrogens (tertiary/aromatic N) is 2. The number of Topliss-reactive ketones (excluding diaryl/α,β-unsaturated/α-hetero) is 1. The first-order chi connectivity index (χ1) is 9.39. The zero-order chi connectivity index (χ0) is 14.5. The summed E-state index contributed by atoms with van der Waals surface area (Å²) in [7, 11) is 0. The molecule has 0 spiro atoms. The quantitative estimate of drug-likeness (QED) is 0.791. The van der Waals surface area contributed by atoms with Crippen molar-refractivity contribution in [2.45, 2.75) is 40.5 Å². The SMILES string of the molecule is Cc1cccnc1-n1c(C)cc2c1CC(C)(C)CC2=O. The Morgan fingerprint density at radius 2 is 2.00 bits per heavy atom. The topological polar surface area (TPSA) is 34.9 Å². The third kappa shape index (κ3) is 1.98. The van der Waals surface area contributed by atoms with Crippen LogP contribution in [0, 0.1) is 19.3 Å². The van der Waals surface area contributed by atoms with Gasteiger partial charge in [0, 0.05) is 29.6 Å². The van der Waals surface area contributed by atoms with Crippen molar-refractivity contribution in [1.82, 2.24) is 9.55 Å². The van der Waals surface area contributed by atoms with Gasteiger partial charge in [0.2, 0.25) is 0 Å². The number of pyridine rings is 1. The molecule has 0 amide bonds. The van der Waals surface area contributed by atoms with Gasteiger partial charge in [0.05, 0.1) is 0 Å². The number of hydrogen-bond acceptors (Lipinski definition) is 2. The summed E-state index contributed by atoms with van der Waals surface area (Å²) in [4.78, 5) is 16.9. The van der Waals surface area contributed by atoms with Crippen LogP contribution in [0.5, 0.6) is 0 Å². The fourth-order valence-electron chi connectivity index (χ4n) is 3.16. The van der Waals surface area contributed by atoms with Crippen molar-refractivity contribution in [3.63, 3.8) is 0 Å². The van der Waals surface area contributed by atoms with Crippen molar-refractivity contribution < 1.29 is 4.79 Å². The normalized spacial score (nSPS) is 17.1. The van der Waals surface area contributed by atoms with E-state index in [0.29, 0.717) is 6.42 Å². The lowest BCUT2D eigenvalue weighted by atomic mass is 9.76. The average molecular weight is 268 g/mol. The largest absolute Gasteiger partial charge is 0.302 e. The van der Waals surface area contributed by atoms with Crippen LogP contribution in [0.2, 0.25) is 0 Å². The van der Waals surface area contributed by atoms with Crippen LogP contribution in [-0.4, -0.2) is 15.3 Å². The van der Waals surface area contributed by atoms with Crippen LogP contribution in [0.15, 0.2) is 24.4 Å². The molecular weight excluding hydrogens is 248 g/mol. The van der Waals surface area contributed by atoms with Crippen LogP contribution < -0.4 is 0 Å². The molecule has 0 saturated heterocycles. The number of aromatic nitrogens is 2. The predicted octanol–water partition coefficient (Wildman–Crippen LogP) is 3.64. The molecule has 3 rings (SSSR count). The van der Waals surface area contributed by atoms with Crippen LogP contribution in [0.4, 0.5) is 0 Å². The summed E-state index contributed by atoms with van der Waals surface area (Å²) < 4.78 is 2.16. The van der Waals surface area contributed by atoms with Crippen molar-refractivity contribution >= 4 is 5.78 Å². The van der Waals surface area contributed by atoms with Gasteiger partial charge < -0.3 is 4.57 Å². The standard InChI is InChI=1S/C17H20N2O/c1-11-6-5-7-18-16(11)19-12(2)8-13-14(19)9-17(3,4)10-15(13)20/h5-8H,9-10H2,1-4H3. The van der Waals surface area contributed by atoms with Gasteiger partial charge in [-0.3, -0.25) is 4.79 Å². The third-order valence-corrected chi connectivity index (χ3v) is 4.07. The molecule has 0 unspecified atom stereocenters. The highest BCUT2D eigenvalue weighted by Crippen LogP contribution is 2.37. The van der Waals surface area contributed by atoms with E-state index in [1.165, 1.54) is 0 Å². The van der Waals surface area contributed by atoms with Gasteiger partial charge in [-0.1, -0.05) is 19.9 Å². The molecule has 2 aromatic heterocycles. The molecule has 2 heterocycles. The molecule has 0 bridgehead atoms. The van der Waals surface area contributed by atoms with Crippen molar-refractivity contribution in [2.75, 3.05) is 0 Å². The lowest BCUT2D eigenvalue weighted by Gasteiger charge is -2.29. The molecule has 1 aliphatic rings. The smallest absolute Gasteiger partial charge is 0.165 e. The van der Waals surface area contributed by atoms with Crippen LogP contribution in [0.25, 0.3) is 5.82 Å². The molecule has 20 heavy (non-hydrogen) atoms. The summed E-state index contributed by atoms with van der Waals surface area (Å²) in [5.74, 6) is 1.20. The highest BCUT2D eigenvalue weighted by molar-refractivity contribution is 5.99. The van der Waals surface area contributed by atoms with E-state index in [9.17, 15) is 4.79 Å². The number of carbonyl (C=O) groups is 1. The molecular formula is C17H20N2O. The summed E-state index contributed by atoms with van der Waals surface area (Å²) in [6, 6.07) is 6.02. The van der Waals surface area contributed by atoms with E-state index in [1.54, 1.807) is 0 Å². The Morgan fingerprint density at radius 3 is 2.70 bits per heavy atom. The average Bonchev–Trinajstić information content (AvgIpc) is 2.66. The van der Waals surface area contributed by atoms with E-state index in [2.05, 4.69) is 36.4 Å². The monoisotopic (exact) mass is 268 g/mol. The van der Waals surface area contributed by atoms with Gasteiger partial charge in [-0.15, -0.1) is 0 Å². The van der Waals surface area contributed by atoms with E-state index in [1.807, 2.05) is 25.3 Å². The summed E-state index contributed by atoms with van der Waals surface area (Å²) in [5.41, 5.74) is 4.24. The molecule has 0 radical (unpaired) electrons. The molecule has 0 N–H and O–H groups in total. The number of hydrogen-bond donors (Lipinski definition) is 0. The van der Waals surface area contributed by atoms with Crippen molar-refractivity contribution in [2.24, 2.45) is 5.41 Å². The van der Waals surface area contributed by atoms with Crippen molar-refractivity contribution in [3.05, 3.63) is 46.9 Å². The first-order valence-corrected chi connectivity index (χ1v) is 7.05. The molecule has 3 heteroatoms. The highest BCUT2D eigenvalue weighted by atomic mass is 16.1. The molecule has 0 atom stereocenters. The maximum Gasteiger partial charge on any atom is 0.165 e. The summed E-state index contributed by atoms with van der Waals surface area (Å²) in [6.07, 6.45) is 3.35. The Kier molecular flexibility index (Phi) is 2.82. The Labute approximate surface area is 119 Å². The van der Waals surface area contributed by atoms with Crippen molar-refractivity contribution in [1.29, 1.82) is 0 Å². The van der Waals surface area contributed by atoms with Gasteiger partial charge in [0.1, 0.15) is 5.82 Å². The molecule has 0 saturated carbocycles. The highest BCUT2D eigenvalue weighted by Gasteiger charge is 2.34. The molecule has 3 nitrogen and oxygen atoms in total. The van der Waals surface area contributed by atoms with Gasteiger partial charge in [-0.25, -0.2) is 4.98 Å². The van der Waals surface area contributed by atoms with E-state index in [4.69, 9.17) is 0 Å². The Balaban J connectivity index is 2.24. The molecule has 1 aliphatic carbocycles. The number of carbonyl (C=O) groups excluding carboxylic acids is 1. The third-order valence-electron chi connectivity index (χ3n) is 4.07. The summed E-state index contributed by atoms with van der Waals surface area (Å²) in [6.45, 7) is 8.42. The summed E-state index contributed by atoms with van der Waals surface area (Å²) in [5, 5.41) is 0. The van der Waals surface area contributed by atoms with Gasteiger partial charge in [0.15, 0.2) is 5.78 Å². The van der Waals surface area contributed by atoms with E-state index >= 15 is 0 Å². The Hall–Kier alpha value is -1.90. The van der Waals surface area contributed by atoms with Gasteiger partial charge in [-0.2, -0.15) is 0 Å². The van der Waals surface area contributed by atoms with Crippen LogP contribution in [0.1, 0.15) is 47.6 Å². The van der Waals surface area contributed by atoms with E-state index < -0.39 is 0 Å². The number of aryl methyl sites for hydroxylation is 2. The minimum atomic E-state index is 0.0231. The first kappa shape index (κ1) is 13.1. The zero-order valence-corrected chi connectivity index (χ0v) is 12.5. The number of ketones is 1. The molecule has 104 valence electrons. The molecule has 0 aromatic carbocycles. The minimum Gasteiger partial charge on any atom is -0.302 e. The van der Waals surface area contributed by atoms with Crippen LogP contribution >= 0.6 is 0 Å². The van der Waals surface area contributed by atoms with Crippen molar-refractivity contribution in [3.8, 4) is 5.82 Å². The Bertz CT molecular complexity index is 695. The van der Waals surface area contributed by atoms with E-state index in [0.717, 1.165) is 34.8 Å². The zero-order valence-electron chi connectivity index (χ0n) is 12.5. The fraction of sp³-hybridized carbons (Fsp3) is 0.412. The summed E-state index contributed by atoms with van der Waals surface area (Å²) >= 11 is 0. The molecule has 0 aliphatic heterocycles. The van der Waals surface area contributed by atoms with Gasteiger partial charge in [-0.05, 0) is 43.4 Å². The molecule has 0 fully saturated rings. The number of fused-ring (bicyclic) bond motifs is 1. The van der Waals surface area contributed by atoms with Crippen LogP contribution in [-0.2, 0) is 6.42 Å². The lowest BCUT2D eigenvalue weighted by molar-refractivity contribution is 0.0911. The van der Waals surface area contributed by atoms with E-state index in [-0.39, 0.29) is 11.2 Å². The second-order valence-corrected chi connectivity index (χ2v) is 6.57. The number of rotatable bonds is 1. The second kappa shape index (κ2) is 4.30. The predicted molar refractivity (Wildman–Crippen MR) is 79.5 cm³/mol.